The van der Waals surface area contributed by atoms with Gasteiger partial charge < -0.3 is 14.6 Å². The summed E-state index contributed by atoms with van der Waals surface area (Å²) >= 11 is 0. The van der Waals surface area contributed by atoms with Crippen molar-refractivity contribution in [3.05, 3.63) is 21.8 Å². The van der Waals surface area contributed by atoms with Gasteiger partial charge in [-0.25, -0.2) is 9.18 Å². The summed E-state index contributed by atoms with van der Waals surface area (Å²) in [4.78, 5) is 16.8. The van der Waals surface area contributed by atoms with Gasteiger partial charge in [-0.2, -0.15) is 0 Å². The quantitative estimate of drug-likeness (QED) is 0.790. The van der Waals surface area contributed by atoms with Crippen LogP contribution in [0.5, 0.6) is 0 Å². The Morgan fingerprint density at radius 3 is 2.75 bits per heavy atom. The largest absolute Gasteiger partial charge is 0.444 e. The van der Waals surface area contributed by atoms with Gasteiger partial charge in [0.2, 0.25) is 0 Å². The van der Waals surface area contributed by atoms with E-state index in [2.05, 4.69) is 11.6 Å². The first-order valence-corrected chi connectivity index (χ1v) is 6.71. The first-order valence-electron chi connectivity index (χ1n) is 6.71. The molecule has 2 rings (SSSR count). The van der Waals surface area contributed by atoms with E-state index in [0.29, 0.717) is 30.0 Å². The van der Waals surface area contributed by atoms with Crippen molar-refractivity contribution in [1.82, 2.24) is 9.88 Å². The van der Waals surface area contributed by atoms with Crippen molar-refractivity contribution in [3.8, 4) is 0 Å². The number of carbonyl (C=O) groups is 1. The predicted molar refractivity (Wildman–Crippen MR) is 76.2 cm³/mol. The van der Waals surface area contributed by atoms with Gasteiger partial charge in [-0.1, -0.05) is 13.5 Å². The van der Waals surface area contributed by atoms with Crippen molar-refractivity contribution in [2.75, 3.05) is 6.54 Å². The number of H-pyrrole nitrogens is 1. The van der Waals surface area contributed by atoms with E-state index in [-0.39, 0.29) is 12.0 Å². The average Bonchev–Trinajstić information content (AvgIpc) is 2.65. The van der Waals surface area contributed by atoms with Crippen LogP contribution in [0.4, 0.5) is 9.18 Å². The van der Waals surface area contributed by atoms with Crippen LogP contribution in [0.3, 0.4) is 0 Å². The summed E-state index contributed by atoms with van der Waals surface area (Å²) in [7, 11) is 0. The number of aromatic amines is 1. The molecule has 0 radical (unpaired) electrons. The summed E-state index contributed by atoms with van der Waals surface area (Å²) < 4.78 is 18.2. The Balaban J connectivity index is 2.30. The SMILES string of the molecule is C=c1c2c([nH]/c1=C\F)C(C)CN(C(=O)OC(C)(C)C)C2. The van der Waals surface area contributed by atoms with Crippen LogP contribution in [-0.4, -0.2) is 28.1 Å². The lowest BCUT2D eigenvalue weighted by molar-refractivity contribution is 0.0208. The molecule has 2 heterocycles. The lowest BCUT2D eigenvalue weighted by Gasteiger charge is -2.32. The highest BCUT2D eigenvalue weighted by Gasteiger charge is 2.30. The van der Waals surface area contributed by atoms with E-state index in [9.17, 15) is 9.18 Å². The monoisotopic (exact) mass is 280 g/mol. The van der Waals surface area contributed by atoms with Gasteiger partial charge in [0.25, 0.3) is 0 Å². The van der Waals surface area contributed by atoms with E-state index in [0.717, 1.165) is 11.3 Å². The maximum Gasteiger partial charge on any atom is 0.410 e. The molecule has 0 aromatic carbocycles. The maximum absolute atomic E-state index is 12.8. The van der Waals surface area contributed by atoms with Gasteiger partial charge in [-0.05, 0) is 26.0 Å². The molecule has 1 amide bonds. The van der Waals surface area contributed by atoms with Gasteiger partial charge in [0.1, 0.15) is 11.9 Å². The number of carbonyl (C=O) groups excluding carboxylic acids is 1. The lowest BCUT2D eigenvalue weighted by Crippen LogP contribution is -2.42. The molecular weight excluding hydrogens is 259 g/mol. The molecule has 0 saturated carbocycles. The second-order valence-electron chi connectivity index (χ2n) is 6.28. The predicted octanol–water partition coefficient (Wildman–Crippen LogP) is 1.99. The summed E-state index contributed by atoms with van der Waals surface area (Å²) in [5.74, 6) is 0.0977. The minimum absolute atomic E-state index is 0.0977. The van der Waals surface area contributed by atoms with Gasteiger partial charge in [-0.3, -0.25) is 0 Å². The summed E-state index contributed by atoms with van der Waals surface area (Å²) in [5.41, 5.74) is 1.32. The molecule has 1 aromatic heterocycles. The van der Waals surface area contributed by atoms with E-state index in [1.54, 1.807) is 4.90 Å². The average molecular weight is 280 g/mol. The van der Waals surface area contributed by atoms with Gasteiger partial charge in [0.05, 0.1) is 11.9 Å². The molecule has 0 fully saturated rings. The van der Waals surface area contributed by atoms with Crippen LogP contribution >= 0.6 is 0 Å². The van der Waals surface area contributed by atoms with Gasteiger partial charge >= 0.3 is 6.09 Å². The third kappa shape index (κ3) is 2.71. The Bertz CT molecular complexity index is 628. The summed E-state index contributed by atoms with van der Waals surface area (Å²) in [6.07, 6.45) is 0.173. The van der Waals surface area contributed by atoms with Crippen LogP contribution in [0.1, 0.15) is 44.9 Å². The van der Waals surface area contributed by atoms with Gasteiger partial charge in [-0.15, -0.1) is 0 Å². The number of nitrogens with one attached hydrogen (secondary N) is 1. The molecule has 1 unspecified atom stereocenters. The minimum Gasteiger partial charge on any atom is -0.444 e. The molecule has 0 bridgehead atoms. The molecule has 0 spiro atoms. The fraction of sp³-hybridized carbons (Fsp3) is 0.533. The normalized spacial score (nSPS) is 19.9. The van der Waals surface area contributed by atoms with E-state index in [1.807, 2.05) is 27.7 Å². The fourth-order valence-corrected chi connectivity index (χ4v) is 2.46. The number of rotatable bonds is 0. The van der Waals surface area contributed by atoms with E-state index in [4.69, 9.17) is 4.74 Å². The van der Waals surface area contributed by atoms with E-state index < -0.39 is 5.60 Å². The molecule has 110 valence electrons. The van der Waals surface area contributed by atoms with E-state index >= 15 is 0 Å². The van der Waals surface area contributed by atoms with Crippen LogP contribution in [0.2, 0.25) is 0 Å². The van der Waals surface area contributed by atoms with Crippen LogP contribution in [0.15, 0.2) is 0 Å². The summed E-state index contributed by atoms with van der Waals surface area (Å²) in [6, 6.07) is 0. The topological polar surface area (TPSA) is 45.3 Å². The highest BCUT2D eigenvalue weighted by atomic mass is 19.1. The minimum atomic E-state index is -0.524. The highest BCUT2D eigenvalue weighted by Crippen LogP contribution is 2.24. The number of aromatic nitrogens is 1. The molecule has 0 saturated heterocycles. The first-order chi connectivity index (χ1) is 9.23. The molecule has 1 aliphatic heterocycles. The molecule has 1 aliphatic rings. The summed E-state index contributed by atoms with van der Waals surface area (Å²) in [5, 5.41) is 0.996. The zero-order valence-corrected chi connectivity index (χ0v) is 12.4. The third-order valence-corrected chi connectivity index (χ3v) is 3.38. The Morgan fingerprint density at radius 1 is 1.55 bits per heavy atom. The van der Waals surface area contributed by atoms with Crippen LogP contribution in [0.25, 0.3) is 12.9 Å². The first kappa shape index (κ1) is 14.6. The van der Waals surface area contributed by atoms with Crippen molar-refractivity contribution in [3.63, 3.8) is 0 Å². The zero-order valence-electron chi connectivity index (χ0n) is 12.4. The van der Waals surface area contributed by atoms with Crippen LogP contribution in [0, 0.1) is 0 Å². The number of amides is 1. The van der Waals surface area contributed by atoms with Crippen molar-refractivity contribution in [2.45, 2.75) is 45.8 Å². The van der Waals surface area contributed by atoms with Crippen molar-refractivity contribution >= 4 is 19.0 Å². The number of ether oxygens (including phenoxy) is 1. The Labute approximate surface area is 117 Å². The number of hydrogen-bond acceptors (Lipinski definition) is 2. The van der Waals surface area contributed by atoms with Gasteiger partial charge in [0, 0.05) is 23.7 Å². The number of hydrogen-bond donors (Lipinski definition) is 1. The molecule has 1 N–H and O–H groups in total. The molecule has 0 aliphatic carbocycles. The molecule has 1 atom stereocenters. The zero-order chi connectivity index (χ0) is 15.1. The fourth-order valence-electron chi connectivity index (χ4n) is 2.46. The number of nitrogens with zero attached hydrogens (tertiary/aromatic N) is 1. The molecule has 5 heteroatoms. The van der Waals surface area contributed by atoms with Crippen molar-refractivity contribution < 1.29 is 13.9 Å². The second kappa shape index (κ2) is 4.96. The van der Waals surface area contributed by atoms with Gasteiger partial charge in [0.15, 0.2) is 0 Å². The van der Waals surface area contributed by atoms with Crippen molar-refractivity contribution in [1.29, 1.82) is 0 Å². The van der Waals surface area contributed by atoms with E-state index in [1.165, 1.54) is 0 Å². The third-order valence-electron chi connectivity index (χ3n) is 3.38. The highest BCUT2D eigenvalue weighted by molar-refractivity contribution is 5.68. The van der Waals surface area contributed by atoms with Crippen LogP contribution in [-0.2, 0) is 11.3 Å². The maximum atomic E-state index is 12.8. The Hall–Kier alpha value is -1.78. The molecule has 1 aromatic rings. The van der Waals surface area contributed by atoms with Crippen molar-refractivity contribution in [2.24, 2.45) is 0 Å². The number of fused-ring (bicyclic) bond motifs is 1. The summed E-state index contributed by atoms with van der Waals surface area (Å²) in [6.45, 7) is 12.3. The number of halogens is 1. The standard InChI is InChI=1S/C15H21FN2O2/c1-9-7-18(14(19)20-15(3,4)5)8-11-10(2)12(6-16)17-13(9)11/h6,9,17H,2,7-8H2,1,3-5H3/b12-6-. The van der Waals surface area contributed by atoms with Crippen LogP contribution < -0.4 is 10.6 Å². The second-order valence-corrected chi connectivity index (χ2v) is 6.28. The molecular formula is C15H21FN2O2. The smallest absolute Gasteiger partial charge is 0.410 e. The molecule has 4 nitrogen and oxygen atoms in total. The Morgan fingerprint density at radius 2 is 2.20 bits per heavy atom. The lowest BCUT2D eigenvalue weighted by atomic mass is 9.98. The Kier molecular flexibility index (Phi) is 3.63. The molecule has 20 heavy (non-hydrogen) atoms.